The van der Waals surface area contributed by atoms with E-state index in [1.54, 1.807) is 0 Å². The molecule has 2 nitrogen and oxygen atoms in total. The zero-order chi connectivity index (χ0) is 10.1. The first kappa shape index (κ1) is 9.84. The molecule has 1 aromatic rings. The van der Waals surface area contributed by atoms with Crippen molar-refractivity contribution in [2.24, 2.45) is 5.92 Å². The van der Waals surface area contributed by atoms with Crippen molar-refractivity contribution in [1.29, 1.82) is 0 Å². The van der Waals surface area contributed by atoms with Crippen molar-refractivity contribution in [1.82, 2.24) is 0 Å². The first-order valence-corrected chi connectivity index (χ1v) is 5.76. The molecular weight excluding hydrogens is 240 g/mol. The number of halogens is 1. The predicted octanol–water partition coefficient (Wildman–Crippen LogP) is 3.24. The van der Waals surface area contributed by atoms with Crippen LogP contribution in [0.2, 0.25) is 0 Å². The molecule has 0 heterocycles. The Morgan fingerprint density at radius 2 is 2.14 bits per heavy atom. The van der Waals surface area contributed by atoms with Crippen LogP contribution >= 0.6 is 15.9 Å². The minimum atomic E-state index is 0.643. The van der Waals surface area contributed by atoms with Gasteiger partial charge in [0.1, 0.15) is 0 Å². The highest BCUT2D eigenvalue weighted by Gasteiger charge is 2.25. The van der Waals surface area contributed by atoms with Crippen molar-refractivity contribution in [2.45, 2.75) is 25.8 Å². The molecule has 0 aliphatic heterocycles. The maximum atomic E-state index is 5.67. The monoisotopic (exact) mass is 254 g/mol. The standard InChI is InChI=1S/C11H15BrN2/c1-7-4-9(5-7)14-11-3-2-8(13)6-10(11)12/h2-3,6-7,9,14H,4-5,13H2,1H3. The van der Waals surface area contributed by atoms with Crippen LogP contribution in [0.3, 0.4) is 0 Å². The number of rotatable bonds is 2. The Bertz CT molecular complexity index is 332. The second-order valence-electron chi connectivity index (χ2n) is 4.16. The fraction of sp³-hybridized carbons (Fsp3) is 0.455. The van der Waals surface area contributed by atoms with E-state index in [1.807, 2.05) is 18.2 Å². The maximum Gasteiger partial charge on any atom is 0.0488 e. The summed E-state index contributed by atoms with van der Waals surface area (Å²) in [6.07, 6.45) is 2.55. The van der Waals surface area contributed by atoms with Crippen LogP contribution in [0.25, 0.3) is 0 Å². The highest BCUT2D eigenvalue weighted by molar-refractivity contribution is 9.10. The summed E-state index contributed by atoms with van der Waals surface area (Å²) in [6.45, 7) is 2.29. The summed E-state index contributed by atoms with van der Waals surface area (Å²) in [5.41, 5.74) is 7.61. The van der Waals surface area contributed by atoms with E-state index in [4.69, 9.17) is 5.73 Å². The van der Waals surface area contributed by atoms with Gasteiger partial charge in [-0.1, -0.05) is 6.92 Å². The minimum absolute atomic E-state index is 0.643. The molecule has 0 radical (unpaired) electrons. The van der Waals surface area contributed by atoms with Crippen molar-refractivity contribution in [3.8, 4) is 0 Å². The molecule has 0 atom stereocenters. The predicted molar refractivity (Wildman–Crippen MR) is 64.4 cm³/mol. The summed E-state index contributed by atoms with van der Waals surface area (Å²) in [7, 11) is 0. The van der Waals surface area contributed by atoms with Crippen LogP contribution in [-0.2, 0) is 0 Å². The molecule has 0 unspecified atom stereocenters. The second kappa shape index (κ2) is 3.81. The smallest absolute Gasteiger partial charge is 0.0488 e. The molecule has 1 fully saturated rings. The fourth-order valence-electron chi connectivity index (χ4n) is 1.89. The molecule has 0 bridgehead atoms. The molecule has 0 spiro atoms. The maximum absolute atomic E-state index is 5.67. The molecule has 3 N–H and O–H groups in total. The van der Waals surface area contributed by atoms with Gasteiger partial charge in [0.2, 0.25) is 0 Å². The van der Waals surface area contributed by atoms with Crippen LogP contribution in [0.5, 0.6) is 0 Å². The molecule has 0 amide bonds. The second-order valence-corrected chi connectivity index (χ2v) is 5.01. The number of nitrogens with two attached hydrogens (primary N) is 1. The van der Waals surface area contributed by atoms with Crippen LogP contribution in [0, 0.1) is 5.92 Å². The van der Waals surface area contributed by atoms with Crippen molar-refractivity contribution >= 4 is 27.3 Å². The normalized spacial score (nSPS) is 25.6. The summed E-state index contributed by atoms with van der Waals surface area (Å²) in [4.78, 5) is 0. The fourth-order valence-corrected chi connectivity index (χ4v) is 2.40. The van der Waals surface area contributed by atoms with Gasteiger partial charge in [-0.2, -0.15) is 0 Å². The Morgan fingerprint density at radius 3 is 2.71 bits per heavy atom. The SMILES string of the molecule is CC1CC(Nc2ccc(N)cc2Br)C1. The molecule has 76 valence electrons. The van der Waals surface area contributed by atoms with E-state index in [1.165, 1.54) is 12.8 Å². The van der Waals surface area contributed by atoms with E-state index in [-0.39, 0.29) is 0 Å². The van der Waals surface area contributed by atoms with E-state index in [0.29, 0.717) is 6.04 Å². The van der Waals surface area contributed by atoms with Gasteiger partial charge < -0.3 is 11.1 Å². The molecule has 2 rings (SSSR count). The number of anilines is 2. The van der Waals surface area contributed by atoms with Crippen LogP contribution < -0.4 is 11.1 Å². The van der Waals surface area contributed by atoms with Crippen molar-refractivity contribution in [3.05, 3.63) is 22.7 Å². The van der Waals surface area contributed by atoms with Crippen LogP contribution in [0.1, 0.15) is 19.8 Å². The highest BCUT2D eigenvalue weighted by atomic mass is 79.9. The van der Waals surface area contributed by atoms with Gasteiger partial charge in [-0.05, 0) is 52.9 Å². The summed E-state index contributed by atoms with van der Waals surface area (Å²) in [6, 6.07) is 6.53. The van der Waals surface area contributed by atoms with Gasteiger partial charge in [0, 0.05) is 21.9 Å². The van der Waals surface area contributed by atoms with Crippen LogP contribution in [0.15, 0.2) is 22.7 Å². The third-order valence-electron chi connectivity index (χ3n) is 2.73. The Labute approximate surface area is 93.0 Å². The first-order chi connectivity index (χ1) is 6.65. The average Bonchev–Trinajstić information content (AvgIpc) is 2.06. The van der Waals surface area contributed by atoms with E-state index in [2.05, 4.69) is 28.2 Å². The zero-order valence-corrected chi connectivity index (χ0v) is 9.84. The molecule has 3 heteroatoms. The minimum Gasteiger partial charge on any atom is -0.399 e. The van der Waals surface area contributed by atoms with Gasteiger partial charge in [0.25, 0.3) is 0 Å². The number of benzene rings is 1. The van der Waals surface area contributed by atoms with Crippen molar-refractivity contribution in [3.63, 3.8) is 0 Å². The topological polar surface area (TPSA) is 38.0 Å². The molecule has 1 aliphatic rings. The summed E-state index contributed by atoms with van der Waals surface area (Å²) in [5, 5.41) is 3.50. The van der Waals surface area contributed by atoms with Gasteiger partial charge in [-0.15, -0.1) is 0 Å². The van der Waals surface area contributed by atoms with E-state index in [0.717, 1.165) is 21.8 Å². The summed E-state index contributed by atoms with van der Waals surface area (Å²) in [5.74, 6) is 0.875. The molecule has 1 aromatic carbocycles. The lowest BCUT2D eigenvalue weighted by molar-refractivity contribution is 0.309. The Hall–Kier alpha value is -0.700. The van der Waals surface area contributed by atoms with Gasteiger partial charge in [0.05, 0.1) is 0 Å². The zero-order valence-electron chi connectivity index (χ0n) is 8.26. The highest BCUT2D eigenvalue weighted by Crippen LogP contribution is 2.32. The quantitative estimate of drug-likeness (QED) is 0.796. The average molecular weight is 255 g/mol. The molecule has 14 heavy (non-hydrogen) atoms. The third-order valence-corrected chi connectivity index (χ3v) is 3.38. The van der Waals surface area contributed by atoms with Gasteiger partial charge >= 0.3 is 0 Å². The number of hydrogen-bond donors (Lipinski definition) is 2. The molecule has 0 aromatic heterocycles. The van der Waals surface area contributed by atoms with Gasteiger partial charge in [0.15, 0.2) is 0 Å². The van der Waals surface area contributed by atoms with Gasteiger partial charge in [-0.3, -0.25) is 0 Å². The Balaban J connectivity index is 2.02. The van der Waals surface area contributed by atoms with Crippen LogP contribution in [-0.4, -0.2) is 6.04 Å². The number of nitrogen functional groups attached to an aromatic ring is 1. The largest absolute Gasteiger partial charge is 0.399 e. The van der Waals surface area contributed by atoms with Crippen molar-refractivity contribution < 1.29 is 0 Å². The first-order valence-electron chi connectivity index (χ1n) is 4.96. The molecule has 0 saturated heterocycles. The van der Waals surface area contributed by atoms with E-state index < -0.39 is 0 Å². The number of hydrogen-bond acceptors (Lipinski definition) is 2. The van der Waals surface area contributed by atoms with Crippen molar-refractivity contribution in [2.75, 3.05) is 11.1 Å². The lowest BCUT2D eigenvalue weighted by Crippen LogP contribution is -2.33. The van der Waals surface area contributed by atoms with E-state index >= 15 is 0 Å². The summed E-state index contributed by atoms with van der Waals surface area (Å²) >= 11 is 3.50. The number of nitrogens with one attached hydrogen (secondary N) is 1. The van der Waals surface area contributed by atoms with Crippen LogP contribution in [0.4, 0.5) is 11.4 Å². The Kier molecular flexibility index (Phi) is 2.68. The molecule has 1 aliphatic carbocycles. The van der Waals surface area contributed by atoms with Gasteiger partial charge in [-0.25, -0.2) is 0 Å². The lowest BCUT2D eigenvalue weighted by Gasteiger charge is -2.34. The Morgan fingerprint density at radius 1 is 1.43 bits per heavy atom. The van der Waals surface area contributed by atoms with E-state index in [9.17, 15) is 0 Å². The summed E-state index contributed by atoms with van der Waals surface area (Å²) < 4.78 is 1.05. The molecule has 1 saturated carbocycles. The lowest BCUT2D eigenvalue weighted by atomic mass is 9.82. The third kappa shape index (κ3) is 2.03. The molecular formula is C11H15BrN2.